The van der Waals surface area contributed by atoms with Crippen molar-refractivity contribution in [2.24, 2.45) is 0 Å². The van der Waals surface area contributed by atoms with Crippen LogP contribution in [0.15, 0.2) is 47.4 Å². The molecule has 0 aliphatic heterocycles. The van der Waals surface area contributed by atoms with Gasteiger partial charge in [-0.1, -0.05) is 11.6 Å². The van der Waals surface area contributed by atoms with Crippen molar-refractivity contribution in [2.45, 2.75) is 11.3 Å². The molecule has 2 N–H and O–H groups in total. The zero-order valence-electron chi connectivity index (χ0n) is 12.2. The summed E-state index contributed by atoms with van der Waals surface area (Å²) >= 11 is 5.76. The maximum atomic E-state index is 12.5. The molecule has 5 nitrogen and oxygen atoms in total. The second-order valence-corrected chi connectivity index (χ2v) is 7.07. The molecule has 0 unspecified atom stereocenters. The van der Waals surface area contributed by atoms with Crippen LogP contribution in [0.3, 0.4) is 0 Å². The monoisotopic (exact) mass is 380 g/mol. The predicted molar refractivity (Wildman–Crippen MR) is 84.6 cm³/mol. The van der Waals surface area contributed by atoms with E-state index in [1.807, 2.05) is 0 Å². The van der Waals surface area contributed by atoms with E-state index >= 15 is 0 Å². The number of benzene rings is 2. The molecule has 0 heterocycles. The fraction of sp³-hybridized carbons (Fsp3) is 0.143. The van der Waals surface area contributed by atoms with Crippen LogP contribution in [-0.2, 0) is 10.0 Å². The van der Waals surface area contributed by atoms with Gasteiger partial charge in [-0.05, 0) is 42.5 Å². The molecular weight excluding hydrogens is 369 g/mol. The highest BCUT2D eigenvalue weighted by atomic mass is 35.5. The van der Waals surface area contributed by atoms with Crippen molar-refractivity contribution < 1.29 is 26.3 Å². The first-order valence-corrected chi connectivity index (χ1v) is 8.22. The fourth-order valence-electron chi connectivity index (χ4n) is 1.84. The lowest BCUT2D eigenvalue weighted by Gasteiger charge is -2.20. The molecule has 10 heteroatoms. The molecule has 0 fully saturated rings. The second kappa shape index (κ2) is 6.40. The first kappa shape index (κ1) is 18.2. The van der Waals surface area contributed by atoms with Crippen molar-refractivity contribution in [3.8, 4) is 5.75 Å². The topological polar surface area (TPSA) is 72.6 Å². The number of halogens is 4. The number of sulfonamides is 1. The Morgan fingerprint density at radius 3 is 2.21 bits per heavy atom. The SMILES string of the molecule is CN(c1ccc(OC(F)(F)F)cc1)S(=O)(=O)c1ccc(Cl)c(N)c1. The Bertz CT molecular complexity index is 839. The van der Waals surface area contributed by atoms with E-state index in [0.29, 0.717) is 0 Å². The van der Waals surface area contributed by atoms with E-state index in [2.05, 4.69) is 4.74 Å². The number of ether oxygens (including phenoxy) is 1. The molecule has 0 spiro atoms. The zero-order valence-corrected chi connectivity index (χ0v) is 13.8. The number of hydrogen-bond donors (Lipinski definition) is 1. The van der Waals surface area contributed by atoms with Crippen LogP contribution in [0.1, 0.15) is 0 Å². The van der Waals surface area contributed by atoms with Gasteiger partial charge in [0.2, 0.25) is 0 Å². The smallest absolute Gasteiger partial charge is 0.406 e. The Morgan fingerprint density at radius 1 is 1.12 bits per heavy atom. The summed E-state index contributed by atoms with van der Waals surface area (Å²) in [5.74, 6) is -0.451. The standard InChI is InChI=1S/C14H12ClF3N2O3S/c1-20(9-2-4-10(5-3-9)23-14(16,17)18)24(21,22)11-6-7-12(15)13(19)8-11/h2-8H,19H2,1H3. The van der Waals surface area contributed by atoms with Gasteiger partial charge in [0.15, 0.2) is 0 Å². The summed E-state index contributed by atoms with van der Waals surface area (Å²) in [5, 5.41) is 0.213. The fourth-order valence-corrected chi connectivity index (χ4v) is 3.19. The van der Waals surface area contributed by atoms with Gasteiger partial charge in [0.1, 0.15) is 5.75 Å². The molecule has 0 aliphatic rings. The summed E-state index contributed by atoms with van der Waals surface area (Å²) in [5.41, 5.74) is 5.85. The van der Waals surface area contributed by atoms with Crippen LogP contribution in [-0.4, -0.2) is 21.8 Å². The molecule has 0 amide bonds. The Labute approximate surface area is 141 Å². The first-order chi connectivity index (χ1) is 11.0. The third-order valence-corrected chi connectivity index (χ3v) is 5.19. The van der Waals surface area contributed by atoms with Gasteiger partial charge in [0, 0.05) is 7.05 Å². The van der Waals surface area contributed by atoms with Gasteiger partial charge in [0.05, 0.1) is 21.3 Å². The van der Waals surface area contributed by atoms with E-state index in [1.165, 1.54) is 37.4 Å². The summed E-state index contributed by atoms with van der Waals surface area (Å²) in [6.45, 7) is 0. The Hall–Kier alpha value is -2.13. The Kier molecular flexibility index (Phi) is 4.86. The lowest BCUT2D eigenvalue weighted by atomic mass is 10.3. The van der Waals surface area contributed by atoms with Crippen LogP contribution >= 0.6 is 11.6 Å². The number of anilines is 2. The molecule has 24 heavy (non-hydrogen) atoms. The van der Waals surface area contributed by atoms with Crippen LogP contribution in [0, 0.1) is 0 Å². The Morgan fingerprint density at radius 2 is 1.71 bits per heavy atom. The molecule has 0 atom stereocenters. The molecule has 0 radical (unpaired) electrons. The average molecular weight is 381 g/mol. The van der Waals surface area contributed by atoms with Gasteiger partial charge in [-0.25, -0.2) is 8.42 Å². The molecule has 0 saturated carbocycles. The van der Waals surface area contributed by atoms with Crippen LogP contribution in [0.5, 0.6) is 5.75 Å². The minimum atomic E-state index is -4.82. The summed E-state index contributed by atoms with van der Waals surface area (Å²) < 4.78 is 66.1. The van der Waals surface area contributed by atoms with Gasteiger partial charge < -0.3 is 10.5 Å². The Balaban J connectivity index is 2.29. The van der Waals surface area contributed by atoms with Gasteiger partial charge in [-0.3, -0.25) is 4.31 Å². The molecule has 0 aliphatic carbocycles. The molecule has 2 aromatic rings. The maximum Gasteiger partial charge on any atom is 0.573 e. The molecule has 0 aromatic heterocycles. The van der Waals surface area contributed by atoms with Crippen molar-refractivity contribution in [1.82, 2.24) is 0 Å². The second-order valence-electron chi connectivity index (χ2n) is 4.70. The maximum absolute atomic E-state index is 12.5. The average Bonchev–Trinajstić information content (AvgIpc) is 2.48. The third-order valence-electron chi connectivity index (χ3n) is 3.06. The highest BCUT2D eigenvalue weighted by molar-refractivity contribution is 7.92. The quantitative estimate of drug-likeness (QED) is 0.822. The van der Waals surface area contributed by atoms with E-state index < -0.39 is 22.1 Å². The van der Waals surface area contributed by atoms with Crippen molar-refractivity contribution >= 4 is 33.0 Å². The zero-order chi connectivity index (χ0) is 18.1. The number of nitrogens with two attached hydrogens (primary N) is 1. The highest BCUT2D eigenvalue weighted by Crippen LogP contribution is 2.29. The van der Waals surface area contributed by atoms with Crippen molar-refractivity contribution in [1.29, 1.82) is 0 Å². The van der Waals surface area contributed by atoms with Crippen molar-refractivity contribution in [3.05, 3.63) is 47.5 Å². The predicted octanol–water partition coefficient (Wildman–Crippen LogP) is 3.65. The van der Waals surface area contributed by atoms with E-state index in [4.69, 9.17) is 17.3 Å². The van der Waals surface area contributed by atoms with Gasteiger partial charge in [-0.15, -0.1) is 13.2 Å². The number of nitrogen functional groups attached to an aromatic ring is 1. The summed E-state index contributed by atoms with van der Waals surface area (Å²) in [4.78, 5) is -0.0949. The minimum absolute atomic E-state index is 0.0949. The lowest BCUT2D eigenvalue weighted by molar-refractivity contribution is -0.274. The van der Waals surface area contributed by atoms with Gasteiger partial charge >= 0.3 is 6.36 Å². The summed E-state index contributed by atoms with van der Waals surface area (Å²) in [7, 11) is -2.68. The van der Waals surface area contributed by atoms with E-state index in [-0.39, 0.29) is 21.3 Å². The van der Waals surface area contributed by atoms with E-state index in [0.717, 1.165) is 16.4 Å². The molecule has 130 valence electrons. The molecule has 0 bridgehead atoms. The molecule has 0 saturated heterocycles. The summed E-state index contributed by atoms with van der Waals surface area (Å²) in [6.07, 6.45) is -4.82. The number of alkyl halides is 3. The van der Waals surface area contributed by atoms with Crippen LogP contribution in [0.4, 0.5) is 24.5 Å². The normalized spacial score (nSPS) is 12.0. The molecule has 2 rings (SSSR count). The van der Waals surface area contributed by atoms with Crippen LogP contribution in [0.25, 0.3) is 0 Å². The van der Waals surface area contributed by atoms with E-state index in [1.54, 1.807) is 0 Å². The number of rotatable bonds is 4. The number of hydrogen-bond acceptors (Lipinski definition) is 4. The third kappa shape index (κ3) is 4.04. The lowest BCUT2D eigenvalue weighted by Crippen LogP contribution is -2.26. The number of nitrogens with zero attached hydrogens (tertiary/aromatic N) is 1. The molecule has 2 aromatic carbocycles. The summed E-state index contributed by atoms with van der Waals surface area (Å²) in [6, 6.07) is 8.25. The van der Waals surface area contributed by atoms with Crippen molar-refractivity contribution in [2.75, 3.05) is 17.1 Å². The first-order valence-electron chi connectivity index (χ1n) is 6.40. The van der Waals surface area contributed by atoms with Gasteiger partial charge in [-0.2, -0.15) is 0 Å². The van der Waals surface area contributed by atoms with Gasteiger partial charge in [0.25, 0.3) is 10.0 Å². The minimum Gasteiger partial charge on any atom is -0.406 e. The van der Waals surface area contributed by atoms with Crippen molar-refractivity contribution in [3.63, 3.8) is 0 Å². The highest BCUT2D eigenvalue weighted by Gasteiger charge is 2.31. The largest absolute Gasteiger partial charge is 0.573 e. The van der Waals surface area contributed by atoms with E-state index in [9.17, 15) is 21.6 Å². The molecular formula is C14H12ClF3N2O3S. The van der Waals surface area contributed by atoms with Crippen LogP contribution in [0.2, 0.25) is 5.02 Å². The van der Waals surface area contributed by atoms with Crippen LogP contribution < -0.4 is 14.8 Å².